The van der Waals surface area contributed by atoms with Crippen molar-refractivity contribution in [3.63, 3.8) is 0 Å². The monoisotopic (exact) mass is 286 g/mol. The van der Waals surface area contributed by atoms with Crippen LogP contribution in [0.2, 0.25) is 0 Å². The molecule has 1 amide bonds. The lowest BCUT2D eigenvalue weighted by molar-refractivity contribution is -0.136. The van der Waals surface area contributed by atoms with Gasteiger partial charge < -0.3 is 9.80 Å². The molecule has 21 heavy (non-hydrogen) atoms. The molecule has 2 aliphatic rings. The van der Waals surface area contributed by atoms with Crippen molar-refractivity contribution >= 4 is 11.6 Å². The molecule has 0 aromatic heterocycles. The molecule has 1 aromatic carbocycles. The zero-order chi connectivity index (χ0) is 14.7. The predicted molar refractivity (Wildman–Crippen MR) is 86.5 cm³/mol. The molecule has 2 fully saturated rings. The van der Waals surface area contributed by atoms with Crippen molar-refractivity contribution in [1.82, 2.24) is 4.90 Å². The van der Waals surface area contributed by atoms with E-state index in [9.17, 15) is 4.79 Å². The Bertz CT molecular complexity index is 486. The average molecular weight is 286 g/mol. The van der Waals surface area contributed by atoms with Crippen LogP contribution in [0.4, 0.5) is 5.69 Å². The molecule has 0 spiro atoms. The van der Waals surface area contributed by atoms with Crippen LogP contribution in [0, 0.1) is 12.8 Å². The zero-order valence-corrected chi connectivity index (χ0v) is 13.1. The Hall–Kier alpha value is -1.51. The molecule has 1 aliphatic carbocycles. The molecule has 0 radical (unpaired) electrons. The van der Waals surface area contributed by atoms with Gasteiger partial charge in [-0.25, -0.2) is 0 Å². The van der Waals surface area contributed by atoms with Gasteiger partial charge in [-0.1, -0.05) is 31.4 Å². The van der Waals surface area contributed by atoms with E-state index in [-0.39, 0.29) is 0 Å². The molecular weight excluding hydrogens is 260 g/mol. The van der Waals surface area contributed by atoms with Crippen LogP contribution in [-0.4, -0.2) is 37.0 Å². The number of carbonyl (C=O) groups is 1. The summed E-state index contributed by atoms with van der Waals surface area (Å²) >= 11 is 0. The highest BCUT2D eigenvalue weighted by Crippen LogP contribution is 2.26. The number of hydrogen-bond acceptors (Lipinski definition) is 2. The third-order valence-electron chi connectivity index (χ3n) is 4.91. The number of carbonyl (C=O) groups excluding carboxylic acids is 1. The molecule has 3 rings (SSSR count). The molecule has 1 saturated heterocycles. The Kier molecular flexibility index (Phi) is 4.47. The number of aryl methyl sites for hydroxylation is 1. The molecule has 1 heterocycles. The Morgan fingerprint density at radius 1 is 1.05 bits per heavy atom. The van der Waals surface area contributed by atoms with Gasteiger partial charge >= 0.3 is 0 Å². The first-order chi connectivity index (χ1) is 10.2. The maximum atomic E-state index is 12.6. The van der Waals surface area contributed by atoms with Crippen molar-refractivity contribution in [2.45, 2.75) is 39.0 Å². The zero-order valence-electron chi connectivity index (χ0n) is 13.1. The van der Waals surface area contributed by atoms with Gasteiger partial charge in [0.2, 0.25) is 5.91 Å². The van der Waals surface area contributed by atoms with Gasteiger partial charge in [-0.3, -0.25) is 4.79 Å². The lowest BCUT2D eigenvalue weighted by Crippen LogP contribution is -2.50. The van der Waals surface area contributed by atoms with Crippen molar-refractivity contribution in [3.8, 4) is 0 Å². The van der Waals surface area contributed by atoms with E-state index in [1.165, 1.54) is 30.5 Å². The Labute approximate surface area is 127 Å². The van der Waals surface area contributed by atoms with Crippen molar-refractivity contribution in [2.75, 3.05) is 31.1 Å². The first-order valence-corrected chi connectivity index (χ1v) is 8.34. The summed E-state index contributed by atoms with van der Waals surface area (Å²) in [4.78, 5) is 17.1. The van der Waals surface area contributed by atoms with E-state index in [1.807, 2.05) is 0 Å². The Balaban J connectivity index is 1.56. The fraction of sp³-hybridized carbons (Fsp3) is 0.611. The molecular formula is C18H26N2O. The van der Waals surface area contributed by atoms with E-state index in [0.717, 1.165) is 39.0 Å². The second-order valence-corrected chi connectivity index (χ2v) is 6.49. The Morgan fingerprint density at radius 3 is 2.43 bits per heavy atom. The topological polar surface area (TPSA) is 23.6 Å². The second kappa shape index (κ2) is 6.50. The summed E-state index contributed by atoms with van der Waals surface area (Å²) in [5.74, 6) is 0.725. The lowest BCUT2D eigenvalue weighted by Gasteiger charge is -2.38. The second-order valence-electron chi connectivity index (χ2n) is 6.49. The minimum Gasteiger partial charge on any atom is -0.368 e. The molecule has 3 nitrogen and oxygen atoms in total. The van der Waals surface area contributed by atoms with Crippen LogP contribution in [-0.2, 0) is 4.79 Å². The summed E-state index contributed by atoms with van der Waals surface area (Å²) in [5, 5.41) is 0. The van der Waals surface area contributed by atoms with Crippen LogP contribution in [0.5, 0.6) is 0 Å². The summed E-state index contributed by atoms with van der Waals surface area (Å²) in [7, 11) is 0. The minimum atomic E-state index is 0.310. The van der Waals surface area contributed by atoms with Gasteiger partial charge in [-0.15, -0.1) is 0 Å². The number of rotatable bonds is 2. The van der Waals surface area contributed by atoms with E-state index in [2.05, 4.69) is 41.0 Å². The normalized spacial score (nSPS) is 20.6. The van der Waals surface area contributed by atoms with Crippen molar-refractivity contribution in [3.05, 3.63) is 29.8 Å². The highest BCUT2D eigenvalue weighted by Gasteiger charge is 2.28. The molecule has 1 saturated carbocycles. The maximum Gasteiger partial charge on any atom is 0.225 e. The number of anilines is 1. The first-order valence-electron chi connectivity index (χ1n) is 8.34. The summed E-state index contributed by atoms with van der Waals surface area (Å²) < 4.78 is 0. The fourth-order valence-electron chi connectivity index (χ4n) is 3.62. The number of amides is 1. The Morgan fingerprint density at radius 2 is 1.76 bits per heavy atom. The number of nitrogens with zero attached hydrogens (tertiary/aromatic N) is 2. The average Bonchev–Trinajstić information content (AvgIpc) is 2.55. The maximum absolute atomic E-state index is 12.6. The van der Waals surface area contributed by atoms with Crippen LogP contribution in [0.3, 0.4) is 0 Å². The highest BCUT2D eigenvalue weighted by molar-refractivity contribution is 5.79. The smallest absolute Gasteiger partial charge is 0.225 e. The van der Waals surface area contributed by atoms with Crippen molar-refractivity contribution < 1.29 is 4.79 Å². The van der Waals surface area contributed by atoms with Crippen LogP contribution >= 0.6 is 0 Å². The van der Waals surface area contributed by atoms with E-state index in [4.69, 9.17) is 0 Å². The van der Waals surface area contributed by atoms with Crippen LogP contribution < -0.4 is 4.90 Å². The van der Waals surface area contributed by atoms with E-state index >= 15 is 0 Å². The number of piperazine rings is 1. The molecule has 0 bridgehead atoms. The summed E-state index contributed by atoms with van der Waals surface area (Å²) in [6, 6.07) is 8.65. The summed E-state index contributed by atoms with van der Waals surface area (Å²) in [6.45, 7) is 5.81. The van der Waals surface area contributed by atoms with Gasteiger partial charge in [0.05, 0.1) is 0 Å². The van der Waals surface area contributed by atoms with Crippen LogP contribution in [0.25, 0.3) is 0 Å². The molecule has 1 aromatic rings. The van der Waals surface area contributed by atoms with Gasteiger partial charge in [-0.2, -0.15) is 0 Å². The number of hydrogen-bond donors (Lipinski definition) is 0. The fourth-order valence-corrected chi connectivity index (χ4v) is 3.62. The van der Waals surface area contributed by atoms with Crippen LogP contribution in [0.1, 0.15) is 37.7 Å². The highest BCUT2D eigenvalue weighted by atomic mass is 16.2. The van der Waals surface area contributed by atoms with Gasteiger partial charge in [0, 0.05) is 37.8 Å². The first kappa shape index (κ1) is 14.4. The SMILES string of the molecule is Cc1cccc(N2CCN(C(=O)C3CCCCC3)CC2)c1. The van der Waals surface area contributed by atoms with E-state index in [1.54, 1.807) is 0 Å². The molecule has 3 heteroatoms. The summed E-state index contributed by atoms with van der Waals surface area (Å²) in [6.07, 6.45) is 6.00. The largest absolute Gasteiger partial charge is 0.368 e. The van der Waals surface area contributed by atoms with Crippen molar-refractivity contribution in [2.24, 2.45) is 5.92 Å². The summed E-state index contributed by atoms with van der Waals surface area (Å²) in [5.41, 5.74) is 2.59. The quantitative estimate of drug-likeness (QED) is 0.833. The van der Waals surface area contributed by atoms with Gasteiger partial charge in [0.1, 0.15) is 0 Å². The molecule has 0 N–H and O–H groups in total. The lowest BCUT2D eigenvalue weighted by atomic mass is 9.88. The van der Waals surface area contributed by atoms with E-state index < -0.39 is 0 Å². The van der Waals surface area contributed by atoms with Crippen LogP contribution in [0.15, 0.2) is 24.3 Å². The van der Waals surface area contributed by atoms with E-state index in [0.29, 0.717) is 11.8 Å². The molecule has 0 atom stereocenters. The van der Waals surface area contributed by atoms with Crippen molar-refractivity contribution in [1.29, 1.82) is 0 Å². The number of benzene rings is 1. The van der Waals surface area contributed by atoms with Gasteiger partial charge in [0.25, 0.3) is 0 Å². The molecule has 0 unspecified atom stereocenters. The third kappa shape index (κ3) is 3.39. The third-order valence-corrected chi connectivity index (χ3v) is 4.91. The predicted octanol–water partition coefficient (Wildman–Crippen LogP) is 3.22. The molecule has 1 aliphatic heterocycles. The van der Waals surface area contributed by atoms with Gasteiger partial charge in [-0.05, 0) is 37.5 Å². The standard InChI is InChI=1S/C18H26N2O/c1-15-6-5-9-17(14-15)19-10-12-20(13-11-19)18(21)16-7-3-2-4-8-16/h5-6,9,14,16H,2-4,7-8,10-13H2,1H3. The van der Waals surface area contributed by atoms with Gasteiger partial charge in [0.15, 0.2) is 0 Å². The minimum absolute atomic E-state index is 0.310. The molecule has 114 valence electrons.